The fourth-order valence-electron chi connectivity index (χ4n) is 5.29. The van der Waals surface area contributed by atoms with Crippen LogP contribution in [0.5, 0.6) is 0 Å². The second kappa shape index (κ2) is 35.7. The van der Waals surface area contributed by atoms with Gasteiger partial charge >= 0.3 is 11.9 Å². The van der Waals surface area contributed by atoms with Crippen molar-refractivity contribution in [1.29, 1.82) is 0 Å². The first-order chi connectivity index (χ1) is 25.5. The Bertz CT molecular complexity index is 1050. The van der Waals surface area contributed by atoms with E-state index in [1.165, 1.54) is 83.5 Å². The van der Waals surface area contributed by atoms with Gasteiger partial charge in [0.1, 0.15) is 19.8 Å². The van der Waals surface area contributed by atoms with Gasteiger partial charge in [0.25, 0.3) is 7.82 Å². The highest BCUT2D eigenvalue weighted by molar-refractivity contribution is 7.45. The van der Waals surface area contributed by atoms with E-state index in [9.17, 15) is 19.0 Å². The topological polar surface area (TPSA) is 111 Å². The Morgan fingerprint density at radius 3 is 1.57 bits per heavy atom. The Morgan fingerprint density at radius 2 is 1.04 bits per heavy atom. The van der Waals surface area contributed by atoms with Crippen molar-refractivity contribution >= 4 is 19.8 Å². The minimum Gasteiger partial charge on any atom is -0.756 e. The molecule has 0 aromatic rings. The normalized spacial score (nSPS) is 14.2. The quantitative estimate of drug-likeness (QED) is 0.0202. The number of hydrogen-bond acceptors (Lipinski definition) is 8. The molecule has 0 N–H and O–H groups in total. The van der Waals surface area contributed by atoms with E-state index in [0.717, 1.165) is 38.5 Å². The molecule has 0 fully saturated rings. The van der Waals surface area contributed by atoms with Crippen LogP contribution in [0.2, 0.25) is 0 Å². The zero-order valence-corrected chi connectivity index (χ0v) is 35.3. The second-order valence-corrected chi connectivity index (χ2v) is 16.4. The summed E-state index contributed by atoms with van der Waals surface area (Å²) in [5.74, 6) is -0.907. The van der Waals surface area contributed by atoms with Crippen LogP contribution in [0.15, 0.2) is 48.6 Å². The Morgan fingerprint density at radius 1 is 0.585 bits per heavy atom. The molecule has 1 unspecified atom stereocenters. The minimum absolute atomic E-state index is 0.0417. The highest BCUT2D eigenvalue weighted by Gasteiger charge is 2.21. The lowest BCUT2D eigenvalue weighted by molar-refractivity contribution is -0.870. The van der Waals surface area contributed by atoms with E-state index in [1.807, 2.05) is 27.2 Å². The van der Waals surface area contributed by atoms with Gasteiger partial charge in [-0.25, -0.2) is 0 Å². The van der Waals surface area contributed by atoms with Crippen molar-refractivity contribution in [3.8, 4) is 0 Å². The number of likely N-dealkylation sites (N-methyl/N-ethyl adjacent to an activating group) is 1. The maximum absolute atomic E-state index is 12.6. The van der Waals surface area contributed by atoms with Crippen molar-refractivity contribution < 1.29 is 42.1 Å². The van der Waals surface area contributed by atoms with E-state index in [4.69, 9.17) is 18.5 Å². The predicted molar refractivity (Wildman–Crippen MR) is 217 cm³/mol. The maximum Gasteiger partial charge on any atom is 0.306 e. The van der Waals surface area contributed by atoms with Crippen molar-refractivity contribution in [3.05, 3.63) is 48.6 Å². The summed E-state index contributed by atoms with van der Waals surface area (Å²) in [5, 5.41) is 0. The van der Waals surface area contributed by atoms with E-state index in [-0.39, 0.29) is 26.1 Å². The van der Waals surface area contributed by atoms with Crippen molar-refractivity contribution in [2.75, 3.05) is 47.5 Å². The number of nitrogens with zero attached hydrogens (tertiary/aromatic N) is 1. The molecule has 0 amide bonds. The van der Waals surface area contributed by atoms with Crippen molar-refractivity contribution in [1.82, 2.24) is 0 Å². The number of carbonyl (C=O) groups is 2. The third-order valence-corrected chi connectivity index (χ3v) is 9.57. The number of allylic oxidation sites excluding steroid dienone is 8. The first kappa shape index (κ1) is 51.0. The zero-order chi connectivity index (χ0) is 39.3. The van der Waals surface area contributed by atoms with Gasteiger partial charge < -0.3 is 27.9 Å². The average Bonchev–Trinajstić information content (AvgIpc) is 3.10. The lowest BCUT2D eigenvalue weighted by Gasteiger charge is -2.28. The third-order valence-electron chi connectivity index (χ3n) is 8.60. The van der Waals surface area contributed by atoms with Gasteiger partial charge in [-0.15, -0.1) is 0 Å². The summed E-state index contributed by atoms with van der Waals surface area (Å²) in [6.45, 7) is 4.11. The molecule has 0 saturated heterocycles. The summed E-state index contributed by atoms with van der Waals surface area (Å²) in [5.41, 5.74) is 0. The summed E-state index contributed by atoms with van der Waals surface area (Å²) in [4.78, 5) is 37.3. The molecule has 0 bridgehead atoms. The molecule has 0 rings (SSSR count). The molecule has 0 spiro atoms. The first-order valence-electron chi connectivity index (χ1n) is 20.8. The Balaban J connectivity index is 4.42. The zero-order valence-electron chi connectivity index (χ0n) is 34.4. The summed E-state index contributed by atoms with van der Waals surface area (Å²) >= 11 is 0. The van der Waals surface area contributed by atoms with Gasteiger partial charge in [-0.2, -0.15) is 0 Å². The first-order valence-corrected chi connectivity index (χ1v) is 22.3. The molecular weight excluding hydrogens is 689 g/mol. The highest BCUT2D eigenvalue weighted by atomic mass is 31.2. The highest BCUT2D eigenvalue weighted by Crippen LogP contribution is 2.38. The molecule has 0 aliphatic rings. The van der Waals surface area contributed by atoms with E-state index in [2.05, 4.69) is 56.4 Å². The molecule has 0 aromatic heterocycles. The number of quaternary nitrogens is 1. The number of esters is 2. The minimum atomic E-state index is -4.63. The molecular formula is C43H78NO8P. The SMILES string of the molecule is CCCCCCCCC/C=C/C/C=C/C/C=C/C/C=C/CCCC(=O)O[C@H](COC(=O)CCCCCCCCCC)COP(=O)([O-])OCC[N+](C)(C)C. The number of carbonyl (C=O) groups excluding carboxylic acids is 2. The van der Waals surface area contributed by atoms with E-state index in [0.29, 0.717) is 23.9 Å². The Labute approximate surface area is 324 Å². The van der Waals surface area contributed by atoms with Crippen LogP contribution in [0.1, 0.15) is 162 Å². The maximum atomic E-state index is 12.6. The Hall–Kier alpha value is -2.03. The molecule has 0 aliphatic carbocycles. The second-order valence-electron chi connectivity index (χ2n) is 15.0. The third kappa shape index (κ3) is 39.5. The number of hydrogen-bond donors (Lipinski definition) is 0. The van der Waals surface area contributed by atoms with Crippen LogP contribution in [0, 0.1) is 0 Å². The fourth-order valence-corrected chi connectivity index (χ4v) is 6.02. The molecule has 0 aromatic carbocycles. The number of phosphoric ester groups is 1. The smallest absolute Gasteiger partial charge is 0.306 e. The summed E-state index contributed by atoms with van der Waals surface area (Å²) in [6, 6.07) is 0. The van der Waals surface area contributed by atoms with Gasteiger partial charge in [0.2, 0.25) is 0 Å². The standard InChI is InChI=1S/C43H78NO8P/c1-6-8-10-12-14-16-17-18-19-20-21-22-23-24-25-26-27-28-30-32-34-36-43(46)52-41(40-51-53(47,48)50-38-37-44(3,4)5)39-49-42(45)35-33-31-29-15-13-11-9-7-2/h19-20,22-23,25-26,28,30,41H,6-18,21,24,27,29,31-40H2,1-5H3/b20-19+,23-22+,26-25+,30-28+/t41-/m1/s1. The van der Waals surface area contributed by atoms with E-state index >= 15 is 0 Å². The van der Waals surface area contributed by atoms with Gasteiger partial charge in [0, 0.05) is 12.8 Å². The van der Waals surface area contributed by atoms with Crippen molar-refractivity contribution in [2.24, 2.45) is 0 Å². The summed E-state index contributed by atoms with van der Waals surface area (Å²) in [7, 11) is 1.13. The molecule has 308 valence electrons. The molecule has 0 radical (unpaired) electrons. The fraction of sp³-hybridized carbons (Fsp3) is 0.767. The average molecular weight is 768 g/mol. The van der Waals surface area contributed by atoms with Crippen LogP contribution in [-0.4, -0.2) is 70.0 Å². The van der Waals surface area contributed by atoms with Gasteiger partial charge in [-0.05, 0) is 51.4 Å². The Kier molecular flexibility index (Phi) is 34.3. The summed E-state index contributed by atoms with van der Waals surface area (Å²) < 4.78 is 33.7. The van der Waals surface area contributed by atoms with Crippen LogP contribution in [-0.2, 0) is 32.7 Å². The van der Waals surface area contributed by atoms with Crippen LogP contribution in [0.4, 0.5) is 0 Å². The summed E-state index contributed by atoms with van der Waals surface area (Å²) in [6.07, 6.45) is 40.2. The van der Waals surface area contributed by atoms with E-state index < -0.39 is 32.5 Å². The molecule has 53 heavy (non-hydrogen) atoms. The number of phosphoric acid groups is 1. The lowest BCUT2D eigenvalue weighted by atomic mass is 10.1. The van der Waals surface area contributed by atoms with Crippen molar-refractivity contribution in [3.63, 3.8) is 0 Å². The van der Waals surface area contributed by atoms with E-state index in [1.54, 1.807) is 0 Å². The lowest BCUT2D eigenvalue weighted by Crippen LogP contribution is -2.37. The van der Waals surface area contributed by atoms with Gasteiger partial charge in [-0.3, -0.25) is 14.2 Å². The number of ether oxygens (including phenoxy) is 2. The van der Waals surface area contributed by atoms with Crippen LogP contribution in [0.25, 0.3) is 0 Å². The van der Waals surface area contributed by atoms with Crippen molar-refractivity contribution in [2.45, 2.75) is 168 Å². The van der Waals surface area contributed by atoms with Gasteiger partial charge in [0.15, 0.2) is 6.10 Å². The largest absolute Gasteiger partial charge is 0.756 e. The molecule has 2 atom stereocenters. The van der Waals surface area contributed by atoms with Crippen LogP contribution < -0.4 is 4.89 Å². The van der Waals surface area contributed by atoms with Gasteiger partial charge in [-0.1, -0.05) is 146 Å². The molecule has 10 heteroatoms. The van der Waals surface area contributed by atoms with Gasteiger partial charge in [0.05, 0.1) is 27.7 Å². The molecule has 0 heterocycles. The predicted octanol–water partition coefficient (Wildman–Crippen LogP) is 10.9. The van der Waals surface area contributed by atoms with Crippen LogP contribution in [0.3, 0.4) is 0 Å². The molecule has 9 nitrogen and oxygen atoms in total. The van der Waals surface area contributed by atoms with Crippen LogP contribution >= 0.6 is 7.82 Å². The molecule has 0 aliphatic heterocycles. The molecule has 0 saturated carbocycles. The number of unbranched alkanes of at least 4 members (excludes halogenated alkanes) is 15. The monoisotopic (exact) mass is 768 g/mol. The number of rotatable bonds is 37.